The fourth-order valence-corrected chi connectivity index (χ4v) is 4.32. The number of halogens is 6. The third-order valence-electron chi connectivity index (χ3n) is 5.90. The van der Waals surface area contributed by atoms with E-state index in [0.717, 1.165) is 10.6 Å². The summed E-state index contributed by atoms with van der Waals surface area (Å²) >= 11 is 0. The number of aryl methyl sites for hydroxylation is 2. The lowest BCUT2D eigenvalue weighted by Crippen LogP contribution is -2.25. The molecule has 0 bridgehead atoms. The molecule has 0 fully saturated rings. The van der Waals surface area contributed by atoms with E-state index >= 15 is 0 Å². The Morgan fingerprint density at radius 3 is 2.17 bits per heavy atom. The second kappa shape index (κ2) is 8.44. The van der Waals surface area contributed by atoms with Crippen molar-refractivity contribution in [3.8, 4) is 11.1 Å². The topological polar surface area (TPSA) is 59.3 Å². The molecule has 35 heavy (non-hydrogen) atoms. The molecule has 0 radical (unpaired) electrons. The average molecular weight is 493 g/mol. The van der Waals surface area contributed by atoms with Crippen molar-refractivity contribution in [3.63, 3.8) is 0 Å². The molecule has 1 heterocycles. The Labute approximate surface area is 194 Å². The molecule has 4 nitrogen and oxygen atoms in total. The predicted octanol–water partition coefficient (Wildman–Crippen LogP) is 6.41. The van der Waals surface area contributed by atoms with Crippen LogP contribution in [0.2, 0.25) is 0 Å². The van der Waals surface area contributed by atoms with Crippen LogP contribution in [0.25, 0.3) is 32.8 Å². The van der Waals surface area contributed by atoms with E-state index in [0.29, 0.717) is 23.1 Å². The molecule has 0 aliphatic carbocycles. The zero-order valence-electron chi connectivity index (χ0n) is 18.1. The number of nitrogens with zero attached hydrogens (tertiary/aromatic N) is 1. The normalized spacial score (nSPS) is 12.4. The Morgan fingerprint density at radius 2 is 1.54 bits per heavy atom. The maximum Gasteiger partial charge on any atom is 0.417 e. The van der Waals surface area contributed by atoms with Gasteiger partial charge < -0.3 is 9.67 Å². The third kappa shape index (κ3) is 4.36. The number of carbonyl (C=O) groups is 1. The maximum absolute atomic E-state index is 14.4. The Morgan fingerprint density at radius 1 is 0.886 bits per heavy atom. The number of aliphatic carboxylic acids is 1. The third-order valence-corrected chi connectivity index (χ3v) is 5.90. The van der Waals surface area contributed by atoms with Crippen molar-refractivity contribution in [1.82, 2.24) is 4.57 Å². The van der Waals surface area contributed by atoms with E-state index in [1.165, 1.54) is 31.3 Å². The van der Waals surface area contributed by atoms with E-state index in [-0.39, 0.29) is 29.3 Å². The average Bonchev–Trinajstić information content (AvgIpc) is 2.77. The zero-order valence-corrected chi connectivity index (χ0v) is 18.1. The van der Waals surface area contributed by atoms with E-state index in [4.69, 9.17) is 5.11 Å². The fourth-order valence-electron chi connectivity index (χ4n) is 4.32. The minimum Gasteiger partial charge on any atom is -0.481 e. The lowest BCUT2D eigenvalue weighted by Gasteiger charge is -2.20. The van der Waals surface area contributed by atoms with E-state index in [1.54, 1.807) is 12.1 Å². The van der Waals surface area contributed by atoms with Crippen molar-refractivity contribution in [3.05, 3.63) is 81.6 Å². The first-order chi connectivity index (χ1) is 16.3. The van der Waals surface area contributed by atoms with Crippen LogP contribution in [-0.4, -0.2) is 15.6 Å². The van der Waals surface area contributed by atoms with Crippen molar-refractivity contribution in [2.24, 2.45) is 7.05 Å². The summed E-state index contributed by atoms with van der Waals surface area (Å²) in [6, 6.07) is 10.9. The lowest BCUT2D eigenvalue weighted by atomic mass is 9.90. The Kier molecular flexibility index (Phi) is 5.86. The molecular weight excluding hydrogens is 476 g/mol. The number of alkyl halides is 6. The van der Waals surface area contributed by atoms with Crippen LogP contribution < -0.4 is 5.56 Å². The van der Waals surface area contributed by atoms with E-state index in [1.807, 2.05) is 0 Å². The molecule has 0 aliphatic heterocycles. The molecule has 1 N–H and O–H groups in total. The van der Waals surface area contributed by atoms with Gasteiger partial charge in [0.2, 0.25) is 0 Å². The molecular formula is C25H17F6NO3. The van der Waals surface area contributed by atoms with Gasteiger partial charge in [0.05, 0.1) is 22.2 Å². The summed E-state index contributed by atoms with van der Waals surface area (Å²) in [6.45, 7) is 0. The van der Waals surface area contributed by atoms with Gasteiger partial charge in [-0.25, -0.2) is 0 Å². The quantitative estimate of drug-likeness (QED) is 0.334. The second-order valence-electron chi connectivity index (χ2n) is 8.05. The number of fused-ring (bicyclic) bond motifs is 2. The number of aromatic nitrogens is 1. The van der Waals surface area contributed by atoms with Crippen LogP contribution in [0.1, 0.15) is 23.1 Å². The number of benzene rings is 3. The van der Waals surface area contributed by atoms with E-state index in [2.05, 4.69) is 0 Å². The number of hydrogen-bond acceptors (Lipinski definition) is 2. The first kappa shape index (κ1) is 24.3. The van der Waals surface area contributed by atoms with Gasteiger partial charge in [0.25, 0.3) is 5.56 Å². The van der Waals surface area contributed by atoms with Crippen molar-refractivity contribution < 1.29 is 36.2 Å². The smallest absolute Gasteiger partial charge is 0.417 e. The highest BCUT2D eigenvalue weighted by Crippen LogP contribution is 2.43. The van der Waals surface area contributed by atoms with Crippen molar-refractivity contribution in [1.29, 1.82) is 0 Å². The first-order valence-electron chi connectivity index (χ1n) is 10.3. The van der Waals surface area contributed by atoms with Crippen LogP contribution in [0.5, 0.6) is 0 Å². The Bertz CT molecular complexity index is 1530. The summed E-state index contributed by atoms with van der Waals surface area (Å²) < 4.78 is 84.1. The number of rotatable bonds is 4. The molecule has 10 heteroatoms. The molecule has 0 amide bonds. The summed E-state index contributed by atoms with van der Waals surface area (Å²) in [5.41, 5.74) is -4.36. The van der Waals surface area contributed by atoms with Gasteiger partial charge in [-0.05, 0) is 46.5 Å². The van der Waals surface area contributed by atoms with Crippen LogP contribution in [0.3, 0.4) is 0 Å². The molecule has 0 saturated carbocycles. The molecule has 3 aromatic carbocycles. The summed E-state index contributed by atoms with van der Waals surface area (Å²) in [4.78, 5) is 24.2. The molecule has 0 unspecified atom stereocenters. The number of carboxylic acid groups (broad SMARTS) is 1. The SMILES string of the molecule is Cn1c(=O)c(-c2cccc3c(CCC(=O)O)cccc23)c(C(F)(F)F)c2cc(C(F)(F)F)ccc21. The van der Waals surface area contributed by atoms with Crippen LogP contribution in [0.15, 0.2) is 59.4 Å². The summed E-state index contributed by atoms with van der Waals surface area (Å²) in [7, 11) is 1.20. The first-order valence-corrected chi connectivity index (χ1v) is 10.3. The summed E-state index contributed by atoms with van der Waals surface area (Å²) in [5, 5.41) is 8.96. The summed E-state index contributed by atoms with van der Waals surface area (Å²) in [6.07, 6.45) is -10.1. The number of carboxylic acids is 1. The molecule has 4 rings (SSSR count). The van der Waals surface area contributed by atoms with Gasteiger partial charge in [-0.2, -0.15) is 26.3 Å². The largest absolute Gasteiger partial charge is 0.481 e. The molecule has 0 spiro atoms. The van der Waals surface area contributed by atoms with Crippen molar-refractivity contribution in [2.45, 2.75) is 25.2 Å². The van der Waals surface area contributed by atoms with Gasteiger partial charge in [-0.1, -0.05) is 36.4 Å². The van der Waals surface area contributed by atoms with E-state index in [9.17, 15) is 35.9 Å². The van der Waals surface area contributed by atoms with Gasteiger partial charge in [0.1, 0.15) is 0 Å². The highest BCUT2D eigenvalue weighted by molar-refractivity contribution is 6.01. The van der Waals surface area contributed by atoms with Crippen LogP contribution in [0, 0.1) is 0 Å². The molecule has 0 saturated heterocycles. The standard InChI is InChI=1S/C25H17F6NO3/c1-32-19-10-9-14(24(26,27)28)12-18(19)22(25(29,30)31)21(23(32)35)17-7-3-5-15-13(8-11-20(33)34)4-2-6-16(15)17/h2-7,9-10,12H,8,11H2,1H3,(H,33,34). The maximum atomic E-state index is 14.4. The minimum absolute atomic E-state index is 0.104. The molecule has 0 atom stereocenters. The van der Waals surface area contributed by atoms with Gasteiger partial charge in [0.15, 0.2) is 0 Å². The summed E-state index contributed by atoms with van der Waals surface area (Å²) in [5.74, 6) is -1.05. The Balaban J connectivity index is 2.14. The number of pyridine rings is 1. The minimum atomic E-state index is -5.14. The van der Waals surface area contributed by atoms with Crippen LogP contribution >= 0.6 is 0 Å². The highest BCUT2D eigenvalue weighted by atomic mass is 19.4. The van der Waals surface area contributed by atoms with Crippen LogP contribution in [-0.2, 0) is 30.6 Å². The molecule has 0 aliphatic rings. The lowest BCUT2D eigenvalue weighted by molar-refractivity contribution is -0.138. The molecule has 4 aromatic rings. The fraction of sp³-hybridized carbons (Fsp3) is 0.200. The molecule has 182 valence electrons. The highest BCUT2D eigenvalue weighted by Gasteiger charge is 2.40. The Hall–Kier alpha value is -3.82. The van der Waals surface area contributed by atoms with Gasteiger partial charge in [-0.3, -0.25) is 9.59 Å². The van der Waals surface area contributed by atoms with Gasteiger partial charge in [-0.15, -0.1) is 0 Å². The van der Waals surface area contributed by atoms with Crippen molar-refractivity contribution in [2.75, 3.05) is 0 Å². The zero-order chi connectivity index (χ0) is 25.7. The van der Waals surface area contributed by atoms with Crippen molar-refractivity contribution >= 4 is 27.6 Å². The molecule has 1 aromatic heterocycles. The monoisotopic (exact) mass is 493 g/mol. The van der Waals surface area contributed by atoms with Crippen LogP contribution in [0.4, 0.5) is 26.3 Å². The van der Waals surface area contributed by atoms with Gasteiger partial charge >= 0.3 is 18.3 Å². The van der Waals surface area contributed by atoms with Gasteiger partial charge in [0, 0.05) is 18.9 Å². The number of hydrogen-bond donors (Lipinski definition) is 1. The second-order valence-corrected chi connectivity index (χ2v) is 8.05. The van der Waals surface area contributed by atoms with E-state index < -0.39 is 46.0 Å². The predicted molar refractivity (Wildman–Crippen MR) is 118 cm³/mol.